The third-order valence-electron chi connectivity index (χ3n) is 2.68. The lowest BCUT2D eigenvalue weighted by atomic mass is 10.0. The van der Waals surface area contributed by atoms with Crippen molar-refractivity contribution in [1.29, 1.82) is 0 Å². The molecule has 2 atom stereocenters. The topological polar surface area (TPSA) is 83.8 Å². The number of aromatic nitrogens is 2. The molecule has 4 N–H and O–H groups in total. The quantitative estimate of drug-likeness (QED) is 0.754. The van der Waals surface area contributed by atoms with Crippen molar-refractivity contribution in [3.8, 4) is 0 Å². The van der Waals surface area contributed by atoms with Gasteiger partial charge in [-0.1, -0.05) is 13.8 Å². The van der Waals surface area contributed by atoms with Crippen molar-refractivity contribution in [3.63, 3.8) is 0 Å². The molecule has 1 heterocycles. The summed E-state index contributed by atoms with van der Waals surface area (Å²) in [4.78, 5) is 11.7. The minimum Gasteiger partial charge on any atom is -0.352 e. The molecule has 6 heteroatoms. The second-order valence-electron chi connectivity index (χ2n) is 4.93. The highest BCUT2D eigenvalue weighted by atomic mass is 35.5. The van der Waals surface area contributed by atoms with Gasteiger partial charge in [0.25, 0.3) is 0 Å². The number of carbonyl (C=O) groups is 1. The molecule has 0 aliphatic heterocycles. The van der Waals surface area contributed by atoms with Crippen LogP contribution < -0.4 is 11.1 Å². The maximum absolute atomic E-state index is 11.7. The first-order valence-electron chi connectivity index (χ1n) is 5.97. The van der Waals surface area contributed by atoms with E-state index < -0.39 is 6.04 Å². The lowest BCUT2D eigenvalue weighted by molar-refractivity contribution is -0.123. The summed E-state index contributed by atoms with van der Waals surface area (Å²) in [5.41, 5.74) is 7.75. The first-order chi connectivity index (χ1) is 7.90. The van der Waals surface area contributed by atoms with E-state index in [0.29, 0.717) is 6.42 Å². The molecule has 0 saturated carbocycles. The zero-order chi connectivity index (χ0) is 13.0. The van der Waals surface area contributed by atoms with Gasteiger partial charge in [0, 0.05) is 18.2 Å². The van der Waals surface area contributed by atoms with Crippen LogP contribution in [0.25, 0.3) is 0 Å². The zero-order valence-corrected chi connectivity index (χ0v) is 12.2. The minimum absolute atomic E-state index is 0. The SMILES string of the molecule is Cc1cc(CC(C)NC(=O)[C@@H](N)C(C)C)n[nH]1.Cl. The molecule has 1 unspecified atom stereocenters. The van der Waals surface area contributed by atoms with E-state index >= 15 is 0 Å². The number of aryl methyl sites for hydroxylation is 1. The normalized spacial score (nSPS) is 13.9. The summed E-state index contributed by atoms with van der Waals surface area (Å²) in [5.74, 6) is 0.0505. The molecule has 0 fully saturated rings. The number of rotatable bonds is 5. The number of halogens is 1. The van der Waals surface area contributed by atoms with E-state index in [1.807, 2.05) is 33.8 Å². The second kappa shape index (κ2) is 7.38. The Morgan fingerprint density at radius 3 is 2.56 bits per heavy atom. The first-order valence-corrected chi connectivity index (χ1v) is 5.97. The number of nitrogens with zero attached hydrogens (tertiary/aromatic N) is 1. The fourth-order valence-electron chi connectivity index (χ4n) is 1.59. The molecule has 1 amide bonds. The number of amides is 1. The van der Waals surface area contributed by atoms with E-state index in [2.05, 4.69) is 15.5 Å². The summed E-state index contributed by atoms with van der Waals surface area (Å²) < 4.78 is 0. The number of carbonyl (C=O) groups excluding carboxylic acids is 1. The van der Waals surface area contributed by atoms with Crippen LogP contribution in [0, 0.1) is 12.8 Å². The van der Waals surface area contributed by atoms with Crippen LogP contribution in [0.4, 0.5) is 0 Å². The number of aromatic amines is 1. The third-order valence-corrected chi connectivity index (χ3v) is 2.68. The summed E-state index contributed by atoms with van der Waals surface area (Å²) in [6.45, 7) is 7.78. The number of nitrogens with one attached hydrogen (secondary N) is 2. The molecule has 1 aromatic rings. The average molecular weight is 275 g/mol. The van der Waals surface area contributed by atoms with E-state index in [4.69, 9.17) is 5.73 Å². The predicted molar refractivity (Wildman–Crippen MR) is 74.7 cm³/mol. The molecule has 0 saturated heterocycles. The van der Waals surface area contributed by atoms with Gasteiger partial charge in [0.1, 0.15) is 0 Å². The molecule has 18 heavy (non-hydrogen) atoms. The monoisotopic (exact) mass is 274 g/mol. The molecule has 1 aromatic heterocycles. The van der Waals surface area contributed by atoms with Gasteiger partial charge in [-0.05, 0) is 25.8 Å². The Bertz CT molecular complexity index is 378. The molecular formula is C12H23ClN4O. The van der Waals surface area contributed by atoms with Crippen LogP contribution in [0.3, 0.4) is 0 Å². The fraction of sp³-hybridized carbons (Fsp3) is 0.667. The molecule has 0 spiro atoms. The largest absolute Gasteiger partial charge is 0.352 e. The van der Waals surface area contributed by atoms with Gasteiger partial charge in [0.05, 0.1) is 11.7 Å². The van der Waals surface area contributed by atoms with Crippen molar-refractivity contribution in [3.05, 3.63) is 17.5 Å². The van der Waals surface area contributed by atoms with Gasteiger partial charge >= 0.3 is 0 Å². The van der Waals surface area contributed by atoms with Gasteiger partial charge in [0.2, 0.25) is 5.91 Å². The molecule has 0 radical (unpaired) electrons. The van der Waals surface area contributed by atoms with Gasteiger partial charge in [-0.3, -0.25) is 9.89 Å². The van der Waals surface area contributed by atoms with Crippen molar-refractivity contribution in [2.45, 2.75) is 46.2 Å². The fourth-order valence-corrected chi connectivity index (χ4v) is 1.59. The Balaban J connectivity index is 0.00000289. The Morgan fingerprint density at radius 2 is 2.11 bits per heavy atom. The minimum atomic E-state index is -0.446. The van der Waals surface area contributed by atoms with Crippen molar-refractivity contribution in [1.82, 2.24) is 15.5 Å². The summed E-state index contributed by atoms with van der Waals surface area (Å²) in [6.07, 6.45) is 0.709. The average Bonchev–Trinajstić information content (AvgIpc) is 2.62. The molecular weight excluding hydrogens is 252 g/mol. The van der Waals surface area contributed by atoms with Crippen LogP contribution in [0.15, 0.2) is 6.07 Å². The van der Waals surface area contributed by atoms with Gasteiger partial charge in [-0.15, -0.1) is 12.4 Å². The van der Waals surface area contributed by atoms with Gasteiger partial charge in [-0.25, -0.2) is 0 Å². The van der Waals surface area contributed by atoms with Crippen LogP contribution in [0.2, 0.25) is 0 Å². The van der Waals surface area contributed by atoms with E-state index in [1.54, 1.807) is 0 Å². The van der Waals surface area contributed by atoms with E-state index in [-0.39, 0.29) is 30.3 Å². The van der Waals surface area contributed by atoms with Gasteiger partial charge in [0.15, 0.2) is 0 Å². The molecule has 0 bridgehead atoms. The van der Waals surface area contributed by atoms with Crippen molar-refractivity contribution in [2.24, 2.45) is 11.7 Å². The van der Waals surface area contributed by atoms with Crippen LogP contribution in [-0.2, 0) is 11.2 Å². The van der Waals surface area contributed by atoms with E-state index in [9.17, 15) is 4.79 Å². The van der Waals surface area contributed by atoms with E-state index in [0.717, 1.165) is 11.4 Å². The summed E-state index contributed by atoms with van der Waals surface area (Å²) in [5, 5.41) is 9.92. The smallest absolute Gasteiger partial charge is 0.237 e. The van der Waals surface area contributed by atoms with Crippen LogP contribution in [0.5, 0.6) is 0 Å². The highest BCUT2D eigenvalue weighted by molar-refractivity contribution is 5.85. The lowest BCUT2D eigenvalue weighted by Gasteiger charge is -2.19. The third kappa shape index (κ3) is 5.06. The van der Waals surface area contributed by atoms with Crippen LogP contribution in [-0.4, -0.2) is 28.2 Å². The summed E-state index contributed by atoms with van der Waals surface area (Å²) >= 11 is 0. The van der Waals surface area contributed by atoms with Crippen molar-refractivity contribution in [2.75, 3.05) is 0 Å². The molecule has 0 aliphatic rings. The maximum atomic E-state index is 11.7. The number of hydrogen-bond donors (Lipinski definition) is 3. The molecule has 1 rings (SSSR count). The Hall–Kier alpha value is -1.07. The van der Waals surface area contributed by atoms with E-state index in [1.165, 1.54) is 0 Å². The highest BCUT2D eigenvalue weighted by Crippen LogP contribution is 2.03. The molecule has 104 valence electrons. The first kappa shape index (κ1) is 16.9. The van der Waals surface area contributed by atoms with Gasteiger partial charge in [-0.2, -0.15) is 5.10 Å². The lowest BCUT2D eigenvalue weighted by Crippen LogP contribution is -2.47. The molecule has 0 aliphatic carbocycles. The van der Waals surface area contributed by atoms with Gasteiger partial charge < -0.3 is 11.1 Å². The Morgan fingerprint density at radius 1 is 1.50 bits per heavy atom. The van der Waals surface area contributed by atoms with Crippen LogP contribution >= 0.6 is 12.4 Å². The van der Waals surface area contributed by atoms with Crippen molar-refractivity contribution >= 4 is 18.3 Å². The predicted octanol–water partition coefficient (Wildman–Crippen LogP) is 1.17. The maximum Gasteiger partial charge on any atom is 0.237 e. The van der Waals surface area contributed by atoms with Crippen LogP contribution in [0.1, 0.15) is 32.2 Å². The number of nitrogens with two attached hydrogens (primary N) is 1. The zero-order valence-electron chi connectivity index (χ0n) is 11.4. The number of hydrogen-bond acceptors (Lipinski definition) is 3. The highest BCUT2D eigenvalue weighted by Gasteiger charge is 2.19. The summed E-state index contributed by atoms with van der Waals surface area (Å²) in [6, 6.07) is 1.57. The van der Waals surface area contributed by atoms with Crippen molar-refractivity contribution < 1.29 is 4.79 Å². The summed E-state index contributed by atoms with van der Waals surface area (Å²) in [7, 11) is 0. The molecule has 5 nitrogen and oxygen atoms in total. The molecule has 0 aromatic carbocycles. The number of H-pyrrole nitrogens is 1. The Kier molecular flexibility index (Phi) is 6.94. The standard InChI is InChI=1S/C12H22N4O.ClH/c1-7(2)11(13)12(17)14-8(3)5-10-6-9(4)15-16-10;/h6-8,11H,5,13H2,1-4H3,(H,14,17)(H,15,16);1H/t8?,11-;/m0./s1. The Labute approximate surface area is 114 Å². The second-order valence-corrected chi connectivity index (χ2v) is 4.93.